The minimum Gasteiger partial charge on any atom is -0.335 e. The highest BCUT2D eigenvalue weighted by Crippen LogP contribution is 2.35. The first-order chi connectivity index (χ1) is 16.1. The van der Waals surface area contributed by atoms with Gasteiger partial charge in [0.15, 0.2) is 5.16 Å². The molecule has 0 spiro atoms. The Balaban J connectivity index is 1.40. The fraction of sp³-hybridized carbons (Fsp3) is 0.400. The highest BCUT2D eigenvalue weighted by molar-refractivity contribution is 7.99. The molecule has 2 aliphatic rings. The third kappa shape index (κ3) is 4.51. The highest BCUT2D eigenvalue weighted by Gasteiger charge is 2.33. The predicted molar refractivity (Wildman–Crippen MR) is 131 cm³/mol. The summed E-state index contributed by atoms with van der Waals surface area (Å²) in [6.45, 7) is 4.41. The molecule has 3 aromatic rings. The van der Waals surface area contributed by atoms with Gasteiger partial charge >= 0.3 is 0 Å². The summed E-state index contributed by atoms with van der Waals surface area (Å²) in [6.07, 6.45) is 7.75. The normalized spacial score (nSPS) is 15.4. The molecule has 0 aliphatic heterocycles. The third-order valence-electron chi connectivity index (χ3n) is 6.28. The van der Waals surface area contributed by atoms with Crippen molar-refractivity contribution in [2.75, 3.05) is 5.75 Å². The van der Waals surface area contributed by atoms with Crippen molar-refractivity contribution in [3.05, 3.63) is 69.1 Å². The summed E-state index contributed by atoms with van der Waals surface area (Å²) in [5.41, 5.74) is 1.64. The maximum Gasteiger partial charge on any atom is 0.263 e. The Morgan fingerprint density at radius 1 is 1.30 bits per heavy atom. The fourth-order valence-electron chi connectivity index (χ4n) is 4.45. The molecule has 0 N–H and O–H groups in total. The van der Waals surface area contributed by atoms with E-state index in [0.29, 0.717) is 17.3 Å². The van der Waals surface area contributed by atoms with Crippen molar-refractivity contribution in [2.24, 2.45) is 0 Å². The summed E-state index contributed by atoms with van der Waals surface area (Å²) < 4.78 is 15.8. The first-order valence-electron chi connectivity index (χ1n) is 11.4. The average Bonchev–Trinajstić information content (AvgIpc) is 3.58. The number of aromatic nitrogens is 2. The number of hydrogen-bond donors (Lipinski definition) is 0. The number of hydrogen-bond acceptors (Lipinski definition) is 5. The van der Waals surface area contributed by atoms with Crippen LogP contribution in [0.25, 0.3) is 10.2 Å². The van der Waals surface area contributed by atoms with Crippen LogP contribution in [0.1, 0.15) is 41.7 Å². The molecule has 0 radical (unpaired) electrons. The molecule has 0 atom stereocenters. The summed E-state index contributed by atoms with van der Waals surface area (Å²) >= 11 is 2.90. The van der Waals surface area contributed by atoms with E-state index >= 15 is 0 Å². The topological polar surface area (TPSA) is 55.2 Å². The van der Waals surface area contributed by atoms with Crippen LogP contribution in [0.3, 0.4) is 0 Å². The van der Waals surface area contributed by atoms with Crippen LogP contribution in [0.2, 0.25) is 0 Å². The largest absolute Gasteiger partial charge is 0.335 e. The molecule has 172 valence electrons. The third-order valence-corrected chi connectivity index (χ3v) is 8.43. The molecule has 1 aromatic carbocycles. The van der Waals surface area contributed by atoms with Gasteiger partial charge in [-0.25, -0.2) is 9.37 Å². The molecule has 8 heteroatoms. The summed E-state index contributed by atoms with van der Waals surface area (Å²) in [4.78, 5) is 35.1. The highest BCUT2D eigenvalue weighted by atomic mass is 32.2. The number of carbonyl (C=O) groups excluding carboxylic acids is 1. The van der Waals surface area contributed by atoms with E-state index in [0.717, 1.165) is 54.3 Å². The Bertz CT molecular complexity index is 1280. The number of carbonyl (C=O) groups is 1. The maximum atomic E-state index is 14.2. The zero-order valence-electron chi connectivity index (χ0n) is 18.4. The number of benzene rings is 1. The van der Waals surface area contributed by atoms with Crippen LogP contribution < -0.4 is 5.56 Å². The molecular weight excluding hydrogens is 457 g/mol. The van der Waals surface area contributed by atoms with Crippen LogP contribution in [0.4, 0.5) is 4.39 Å². The van der Waals surface area contributed by atoms with Crippen LogP contribution in [-0.2, 0) is 30.7 Å². The number of halogens is 1. The van der Waals surface area contributed by atoms with Gasteiger partial charge in [-0.2, -0.15) is 0 Å². The van der Waals surface area contributed by atoms with Crippen LogP contribution in [0.5, 0.6) is 0 Å². The lowest BCUT2D eigenvalue weighted by Crippen LogP contribution is -2.34. The van der Waals surface area contributed by atoms with E-state index in [9.17, 15) is 14.0 Å². The zero-order chi connectivity index (χ0) is 22.9. The van der Waals surface area contributed by atoms with E-state index < -0.39 is 0 Å². The Hall–Kier alpha value is -2.45. The molecule has 2 heterocycles. The van der Waals surface area contributed by atoms with Crippen LogP contribution in [-0.4, -0.2) is 32.2 Å². The lowest BCUT2D eigenvalue weighted by Gasteiger charge is -2.23. The van der Waals surface area contributed by atoms with Gasteiger partial charge in [0.2, 0.25) is 5.91 Å². The summed E-state index contributed by atoms with van der Waals surface area (Å²) in [7, 11) is 0. The standard InChI is InChI=1S/C25H26FN3O2S2/c1-2-13-28-24(31)22-18-8-4-6-10-20(18)33-23(22)27-25(28)32-15-21(30)29(17-11-12-17)14-16-7-3-5-9-19(16)26/h2-3,5,7,9,17H,1,4,6,8,10-15H2. The van der Waals surface area contributed by atoms with Crippen LogP contribution >= 0.6 is 23.1 Å². The monoisotopic (exact) mass is 483 g/mol. The zero-order valence-corrected chi connectivity index (χ0v) is 20.0. The van der Waals surface area contributed by atoms with Crippen molar-refractivity contribution in [2.45, 2.75) is 62.8 Å². The van der Waals surface area contributed by atoms with Crippen LogP contribution in [0.15, 0.2) is 46.9 Å². The number of thiophene rings is 1. The van der Waals surface area contributed by atoms with E-state index in [1.807, 2.05) is 0 Å². The first-order valence-corrected chi connectivity index (χ1v) is 13.2. The summed E-state index contributed by atoms with van der Waals surface area (Å²) in [6, 6.07) is 6.75. The van der Waals surface area contributed by atoms with Gasteiger partial charge in [-0.3, -0.25) is 14.2 Å². The van der Waals surface area contributed by atoms with Crippen molar-refractivity contribution in [3.8, 4) is 0 Å². The van der Waals surface area contributed by atoms with Gasteiger partial charge in [0.05, 0.1) is 11.1 Å². The molecule has 1 saturated carbocycles. The quantitative estimate of drug-likeness (QED) is 0.259. The van der Waals surface area contributed by atoms with Gasteiger partial charge < -0.3 is 4.90 Å². The van der Waals surface area contributed by atoms with E-state index in [2.05, 4.69) is 6.58 Å². The van der Waals surface area contributed by atoms with Gasteiger partial charge in [-0.15, -0.1) is 17.9 Å². The number of allylic oxidation sites excluding steroid dienone is 1. The molecule has 5 nitrogen and oxygen atoms in total. The number of nitrogens with zero attached hydrogens (tertiary/aromatic N) is 3. The number of fused-ring (bicyclic) bond motifs is 3. The summed E-state index contributed by atoms with van der Waals surface area (Å²) in [5, 5.41) is 1.28. The van der Waals surface area contributed by atoms with Gasteiger partial charge in [0.25, 0.3) is 5.56 Å². The van der Waals surface area contributed by atoms with E-state index in [4.69, 9.17) is 4.98 Å². The maximum absolute atomic E-state index is 14.2. The molecule has 0 bridgehead atoms. The summed E-state index contributed by atoms with van der Waals surface area (Å²) in [5.74, 6) is -0.196. The van der Waals surface area contributed by atoms with Crippen LogP contribution in [0, 0.1) is 5.82 Å². The Kier molecular flexibility index (Phi) is 6.38. The molecule has 33 heavy (non-hydrogen) atoms. The van der Waals surface area contributed by atoms with Crippen molar-refractivity contribution in [1.29, 1.82) is 0 Å². The molecule has 0 unspecified atom stereocenters. The molecule has 1 amide bonds. The Morgan fingerprint density at radius 2 is 2.09 bits per heavy atom. The van der Waals surface area contributed by atoms with Gasteiger partial charge in [0, 0.05) is 29.6 Å². The lowest BCUT2D eigenvalue weighted by atomic mass is 9.97. The first kappa shape index (κ1) is 22.3. The lowest BCUT2D eigenvalue weighted by molar-refractivity contribution is -0.129. The smallest absolute Gasteiger partial charge is 0.263 e. The molecular formula is C25H26FN3O2S2. The van der Waals surface area contributed by atoms with Gasteiger partial charge in [0.1, 0.15) is 10.6 Å². The van der Waals surface area contributed by atoms with E-state index in [-0.39, 0.29) is 35.6 Å². The minimum atomic E-state index is -0.294. The minimum absolute atomic E-state index is 0.0420. The second kappa shape index (κ2) is 9.43. The second-order valence-electron chi connectivity index (χ2n) is 8.62. The fourth-order valence-corrected chi connectivity index (χ4v) is 6.64. The van der Waals surface area contributed by atoms with Crippen molar-refractivity contribution in [3.63, 3.8) is 0 Å². The predicted octanol–water partition coefficient (Wildman–Crippen LogP) is 4.95. The Morgan fingerprint density at radius 3 is 2.85 bits per heavy atom. The van der Waals surface area contributed by atoms with Crippen molar-refractivity contribution >= 4 is 39.2 Å². The second-order valence-corrected chi connectivity index (χ2v) is 10.6. The molecule has 5 rings (SSSR count). The van der Waals surface area contributed by atoms with Crippen molar-refractivity contribution in [1.82, 2.24) is 14.5 Å². The van der Waals surface area contributed by atoms with Gasteiger partial charge in [-0.05, 0) is 50.2 Å². The number of rotatable bonds is 8. The van der Waals surface area contributed by atoms with E-state index in [1.165, 1.54) is 22.7 Å². The number of thioether (sulfide) groups is 1. The van der Waals surface area contributed by atoms with E-state index in [1.54, 1.807) is 45.1 Å². The number of amides is 1. The Labute approximate surface area is 200 Å². The molecule has 0 saturated heterocycles. The molecule has 1 fully saturated rings. The van der Waals surface area contributed by atoms with Crippen molar-refractivity contribution < 1.29 is 9.18 Å². The number of aryl methyl sites for hydroxylation is 2. The van der Waals surface area contributed by atoms with Gasteiger partial charge in [-0.1, -0.05) is 36.0 Å². The molecule has 2 aliphatic carbocycles. The molecule has 2 aromatic heterocycles. The average molecular weight is 484 g/mol. The SMILES string of the molecule is C=CCn1c(SCC(=O)N(Cc2ccccc2F)C2CC2)nc2sc3c(c2c1=O)CCCC3.